The lowest BCUT2D eigenvalue weighted by atomic mass is 10.1. The zero-order chi connectivity index (χ0) is 21.7. The molecule has 9 heteroatoms. The van der Waals surface area contributed by atoms with Gasteiger partial charge in [0.1, 0.15) is 23.6 Å². The lowest BCUT2D eigenvalue weighted by Crippen LogP contribution is -2.27. The van der Waals surface area contributed by atoms with E-state index >= 15 is 0 Å². The third-order valence-electron chi connectivity index (χ3n) is 4.47. The minimum absolute atomic E-state index is 0.111. The van der Waals surface area contributed by atoms with Crippen LogP contribution in [0.4, 0.5) is 0 Å². The van der Waals surface area contributed by atoms with Crippen molar-refractivity contribution in [1.29, 1.82) is 0 Å². The van der Waals surface area contributed by atoms with Gasteiger partial charge in [0.05, 0.1) is 28.4 Å². The Balaban J connectivity index is 1.80. The van der Waals surface area contributed by atoms with Gasteiger partial charge in [0.25, 0.3) is 5.91 Å². The predicted octanol–water partition coefficient (Wildman–Crippen LogP) is 3.04. The van der Waals surface area contributed by atoms with Crippen LogP contribution < -0.4 is 18.9 Å². The number of benzene rings is 2. The molecule has 0 saturated heterocycles. The molecule has 0 saturated carbocycles. The summed E-state index contributed by atoms with van der Waals surface area (Å²) in [6, 6.07) is 10.5. The first-order chi connectivity index (χ1) is 14.5. The van der Waals surface area contributed by atoms with Crippen LogP contribution in [0, 0.1) is 0 Å². The Kier molecular flexibility index (Phi) is 6.41. The standard InChI is InChI=1S/C21H23N3O6/c1-24(21(25)19-15(27-3)7-6-8-16(19)28-4)12-18-22-20(23-30-18)13-9-10-14(26-2)17(11-13)29-5/h6-11H,12H2,1-5H3. The van der Waals surface area contributed by atoms with Crippen molar-refractivity contribution >= 4 is 5.91 Å². The van der Waals surface area contributed by atoms with Gasteiger partial charge in [-0.15, -0.1) is 0 Å². The number of nitrogens with zero attached hydrogens (tertiary/aromatic N) is 3. The number of rotatable bonds is 8. The molecule has 1 heterocycles. The molecule has 3 rings (SSSR count). The average Bonchev–Trinajstić information content (AvgIpc) is 3.25. The van der Waals surface area contributed by atoms with E-state index in [0.29, 0.717) is 39.9 Å². The second-order valence-corrected chi connectivity index (χ2v) is 6.28. The molecule has 9 nitrogen and oxygen atoms in total. The van der Waals surface area contributed by atoms with Crippen molar-refractivity contribution in [3.63, 3.8) is 0 Å². The van der Waals surface area contributed by atoms with Gasteiger partial charge in [-0.1, -0.05) is 11.2 Å². The van der Waals surface area contributed by atoms with E-state index in [2.05, 4.69) is 10.1 Å². The molecule has 0 fully saturated rings. The zero-order valence-corrected chi connectivity index (χ0v) is 17.5. The summed E-state index contributed by atoms with van der Waals surface area (Å²) in [6.07, 6.45) is 0. The number of carbonyl (C=O) groups is 1. The Labute approximate surface area is 174 Å². The summed E-state index contributed by atoms with van der Waals surface area (Å²) in [6.45, 7) is 0.111. The number of aromatic nitrogens is 2. The Morgan fingerprint density at radius 3 is 2.17 bits per heavy atom. The van der Waals surface area contributed by atoms with Crippen molar-refractivity contribution in [2.75, 3.05) is 35.5 Å². The largest absolute Gasteiger partial charge is 0.496 e. The number of methoxy groups -OCH3 is 4. The van der Waals surface area contributed by atoms with Crippen molar-refractivity contribution in [2.24, 2.45) is 0 Å². The van der Waals surface area contributed by atoms with Gasteiger partial charge in [-0.25, -0.2) is 0 Å². The number of ether oxygens (including phenoxy) is 4. The number of hydrogen-bond acceptors (Lipinski definition) is 8. The van der Waals surface area contributed by atoms with E-state index in [1.165, 1.54) is 19.1 Å². The summed E-state index contributed by atoms with van der Waals surface area (Å²) < 4.78 is 26.5. The molecule has 158 valence electrons. The van der Waals surface area contributed by atoms with Gasteiger partial charge in [0.15, 0.2) is 11.5 Å². The highest BCUT2D eigenvalue weighted by Gasteiger charge is 2.23. The number of amides is 1. The van der Waals surface area contributed by atoms with Gasteiger partial charge in [-0.05, 0) is 30.3 Å². The van der Waals surface area contributed by atoms with Crippen LogP contribution >= 0.6 is 0 Å². The molecule has 0 radical (unpaired) electrons. The molecule has 0 aliphatic rings. The van der Waals surface area contributed by atoms with Crippen LogP contribution in [0.2, 0.25) is 0 Å². The van der Waals surface area contributed by atoms with Crippen LogP contribution in [-0.2, 0) is 6.54 Å². The van der Waals surface area contributed by atoms with Crippen molar-refractivity contribution in [2.45, 2.75) is 6.54 Å². The predicted molar refractivity (Wildman–Crippen MR) is 108 cm³/mol. The maximum atomic E-state index is 13.0. The Morgan fingerprint density at radius 1 is 0.933 bits per heavy atom. The summed E-state index contributed by atoms with van der Waals surface area (Å²) in [5.74, 6) is 2.35. The molecule has 0 aliphatic heterocycles. The molecule has 0 N–H and O–H groups in total. The average molecular weight is 413 g/mol. The SMILES string of the molecule is COc1ccc(-c2noc(CN(C)C(=O)c3c(OC)cccc3OC)n2)cc1OC. The van der Waals surface area contributed by atoms with Crippen molar-refractivity contribution in [1.82, 2.24) is 15.0 Å². The molecular formula is C21H23N3O6. The van der Waals surface area contributed by atoms with E-state index in [4.69, 9.17) is 23.5 Å². The lowest BCUT2D eigenvalue weighted by Gasteiger charge is -2.18. The first-order valence-electron chi connectivity index (χ1n) is 9.03. The summed E-state index contributed by atoms with van der Waals surface area (Å²) in [7, 11) is 7.75. The Bertz CT molecular complexity index is 1010. The van der Waals surface area contributed by atoms with Crippen molar-refractivity contribution < 1.29 is 28.3 Å². The van der Waals surface area contributed by atoms with Crippen molar-refractivity contribution in [3.05, 3.63) is 47.9 Å². The molecular weight excluding hydrogens is 390 g/mol. The van der Waals surface area contributed by atoms with Gasteiger partial charge in [0, 0.05) is 12.6 Å². The molecule has 0 atom stereocenters. The van der Waals surface area contributed by atoms with Crippen LogP contribution in [0.1, 0.15) is 16.2 Å². The lowest BCUT2D eigenvalue weighted by molar-refractivity contribution is 0.0762. The van der Waals surface area contributed by atoms with Crippen LogP contribution in [0.5, 0.6) is 23.0 Å². The quantitative estimate of drug-likeness (QED) is 0.556. The second kappa shape index (κ2) is 9.17. The minimum Gasteiger partial charge on any atom is -0.496 e. The maximum absolute atomic E-state index is 13.0. The van der Waals surface area contributed by atoms with Gasteiger partial charge in [-0.3, -0.25) is 4.79 Å². The Morgan fingerprint density at radius 2 is 1.57 bits per heavy atom. The summed E-state index contributed by atoms with van der Waals surface area (Å²) in [4.78, 5) is 18.8. The first-order valence-corrected chi connectivity index (χ1v) is 9.03. The fourth-order valence-electron chi connectivity index (χ4n) is 2.94. The van der Waals surface area contributed by atoms with Crippen LogP contribution in [-0.4, -0.2) is 56.4 Å². The number of hydrogen-bond donors (Lipinski definition) is 0. The zero-order valence-electron chi connectivity index (χ0n) is 17.5. The first kappa shape index (κ1) is 21.0. The molecule has 3 aromatic rings. The van der Waals surface area contributed by atoms with Crippen LogP contribution in [0.25, 0.3) is 11.4 Å². The highest BCUT2D eigenvalue weighted by molar-refractivity contribution is 5.99. The van der Waals surface area contributed by atoms with E-state index < -0.39 is 0 Å². The fourth-order valence-corrected chi connectivity index (χ4v) is 2.94. The van der Waals surface area contributed by atoms with E-state index in [-0.39, 0.29) is 18.3 Å². The molecule has 0 unspecified atom stereocenters. The summed E-state index contributed by atoms with van der Waals surface area (Å²) >= 11 is 0. The van der Waals surface area contributed by atoms with E-state index in [1.54, 1.807) is 57.7 Å². The molecule has 0 aliphatic carbocycles. The molecule has 30 heavy (non-hydrogen) atoms. The summed E-state index contributed by atoms with van der Waals surface area (Å²) in [5, 5.41) is 4.00. The highest BCUT2D eigenvalue weighted by atomic mass is 16.5. The molecule has 2 aromatic carbocycles. The van der Waals surface area contributed by atoms with Gasteiger partial charge in [0.2, 0.25) is 11.7 Å². The number of carbonyl (C=O) groups excluding carboxylic acids is 1. The third-order valence-corrected chi connectivity index (χ3v) is 4.47. The van der Waals surface area contributed by atoms with Crippen molar-refractivity contribution in [3.8, 4) is 34.4 Å². The van der Waals surface area contributed by atoms with Gasteiger partial charge < -0.3 is 28.4 Å². The normalized spacial score (nSPS) is 10.4. The van der Waals surface area contributed by atoms with Crippen LogP contribution in [0.3, 0.4) is 0 Å². The maximum Gasteiger partial charge on any atom is 0.261 e. The fraction of sp³-hybridized carbons (Fsp3) is 0.286. The third kappa shape index (κ3) is 4.14. The van der Waals surface area contributed by atoms with Gasteiger partial charge in [-0.2, -0.15) is 4.98 Å². The summed E-state index contributed by atoms with van der Waals surface area (Å²) in [5.41, 5.74) is 1.02. The molecule has 0 spiro atoms. The van der Waals surface area contributed by atoms with Crippen LogP contribution in [0.15, 0.2) is 40.9 Å². The highest BCUT2D eigenvalue weighted by Crippen LogP contribution is 2.32. The molecule has 1 aromatic heterocycles. The second-order valence-electron chi connectivity index (χ2n) is 6.28. The van der Waals surface area contributed by atoms with E-state index in [1.807, 2.05) is 0 Å². The smallest absolute Gasteiger partial charge is 0.261 e. The van der Waals surface area contributed by atoms with Gasteiger partial charge >= 0.3 is 0 Å². The van der Waals surface area contributed by atoms with E-state index in [0.717, 1.165) is 0 Å². The Hall–Kier alpha value is -3.75. The monoisotopic (exact) mass is 413 g/mol. The molecule has 1 amide bonds. The topological polar surface area (TPSA) is 96.2 Å². The van der Waals surface area contributed by atoms with E-state index in [9.17, 15) is 4.79 Å². The molecule has 0 bridgehead atoms. The minimum atomic E-state index is -0.296.